The van der Waals surface area contributed by atoms with E-state index in [0.29, 0.717) is 34.3 Å². The Balaban J connectivity index is 1.84. The van der Waals surface area contributed by atoms with Crippen LogP contribution in [0.2, 0.25) is 0 Å². The third-order valence-electron chi connectivity index (χ3n) is 5.66. The summed E-state index contributed by atoms with van der Waals surface area (Å²) in [5.74, 6) is 2.06. The quantitative estimate of drug-likeness (QED) is 0.287. The van der Waals surface area contributed by atoms with Gasteiger partial charge in [-0.15, -0.1) is 0 Å². The van der Waals surface area contributed by atoms with Crippen molar-refractivity contribution in [3.63, 3.8) is 0 Å². The highest BCUT2D eigenvalue weighted by atomic mass is 16.6. The molecule has 0 fully saturated rings. The van der Waals surface area contributed by atoms with Crippen LogP contribution in [0.15, 0.2) is 36.7 Å². The molecule has 3 aromatic heterocycles. The largest absolute Gasteiger partial charge is 0.493 e. The number of aromatic nitrogens is 3. The van der Waals surface area contributed by atoms with Crippen molar-refractivity contribution in [2.45, 2.75) is 26.2 Å². The summed E-state index contributed by atoms with van der Waals surface area (Å²) in [5, 5.41) is 2.43. The highest BCUT2D eigenvalue weighted by Gasteiger charge is 2.22. The van der Waals surface area contributed by atoms with Crippen molar-refractivity contribution in [2.75, 3.05) is 33.2 Å². The predicted molar refractivity (Wildman–Crippen MR) is 138 cm³/mol. The third kappa shape index (κ3) is 4.88. The van der Waals surface area contributed by atoms with Gasteiger partial charge in [-0.2, -0.15) is 0 Å². The van der Waals surface area contributed by atoms with Gasteiger partial charge in [-0.25, -0.2) is 9.78 Å². The predicted octanol–water partition coefficient (Wildman–Crippen LogP) is 4.22. The van der Waals surface area contributed by atoms with Gasteiger partial charge >= 0.3 is 6.09 Å². The van der Waals surface area contributed by atoms with Gasteiger partial charge < -0.3 is 30.4 Å². The summed E-state index contributed by atoms with van der Waals surface area (Å²) >= 11 is 0. The molecule has 0 spiro atoms. The van der Waals surface area contributed by atoms with Crippen LogP contribution in [0, 0.1) is 0 Å². The van der Waals surface area contributed by atoms with E-state index in [1.165, 1.54) is 0 Å². The molecule has 3 heterocycles. The molecular weight excluding hydrogens is 462 g/mol. The number of hydrogen-bond donors (Lipinski definition) is 2. The van der Waals surface area contributed by atoms with Gasteiger partial charge in [-0.1, -0.05) is 20.8 Å². The van der Waals surface area contributed by atoms with E-state index >= 15 is 0 Å². The summed E-state index contributed by atoms with van der Waals surface area (Å²) in [5.41, 5.74) is 13.9. The van der Waals surface area contributed by atoms with Crippen LogP contribution >= 0.6 is 0 Å². The Morgan fingerprint density at radius 3 is 2.28 bits per heavy atom. The highest BCUT2D eigenvalue weighted by molar-refractivity contribution is 6.10. The monoisotopic (exact) mass is 491 g/mol. The van der Waals surface area contributed by atoms with Gasteiger partial charge in [0, 0.05) is 40.2 Å². The van der Waals surface area contributed by atoms with Crippen LogP contribution in [0.1, 0.15) is 26.5 Å². The molecule has 0 radical (unpaired) electrons. The minimum atomic E-state index is -0.853. The first kappa shape index (κ1) is 24.8. The normalized spacial score (nSPS) is 11.5. The van der Waals surface area contributed by atoms with E-state index in [0.717, 1.165) is 27.4 Å². The van der Waals surface area contributed by atoms with Crippen molar-refractivity contribution < 1.29 is 23.7 Å². The molecule has 36 heavy (non-hydrogen) atoms. The highest BCUT2D eigenvalue weighted by Crippen LogP contribution is 2.38. The first-order chi connectivity index (χ1) is 17.1. The number of benzene rings is 1. The molecule has 0 aliphatic rings. The Hall–Kier alpha value is -4.34. The number of anilines is 1. The van der Waals surface area contributed by atoms with Crippen LogP contribution in [0.5, 0.6) is 17.2 Å². The molecule has 0 atom stereocenters. The lowest BCUT2D eigenvalue weighted by Crippen LogP contribution is -2.20. The maximum Gasteiger partial charge on any atom is 0.404 e. The van der Waals surface area contributed by atoms with Gasteiger partial charge in [-0.05, 0) is 23.6 Å². The Labute approximate surface area is 208 Å². The number of rotatable bonds is 7. The second kappa shape index (κ2) is 9.73. The maximum atomic E-state index is 10.9. The minimum Gasteiger partial charge on any atom is -0.493 e. The SMILES string of the molecule is COc1cc2ncc3c(N)nc(-c4cnc(C(C)(C)C)c(OCCOC(N)=O)c4)cc3c2cc1OC. The van der Waals surface area contributed by atoms with Gasteiger partial charge in [0.15, 0.2) is 11.5 Å². The molecule has 0 aliphatic heterocycles. The van der Waals surface area contributed by atoms with Gasteiger partial charge in [-0.3, -0.25) is 9.97 Å². The Morgan fingerprint density at radius 1 is 0.889 bits per heavy atom. The number of ether oxygens (including phenoxy) is 4. The Bertz CT molecular complexity index is 1450. The van der Waals surface area contributed by atoms with Crippen LogP contribution in [-0.4, -0.2) is 48.5 Å². The number of fused-ring (bicyclic) bond motifs is 3. The molecule has 4 aromatic rings. The summed E-state index contributed by atoms with van der Waals surface area (Å²) in [4.78, 5) is 24.7. The van der Waals surface area contributed by atoms with E-state index < -0.39 is 6.09 Å². The second-order valence-corrected chi connectivity index (χ2v) is 9.17. The van der Waals surface area contributed by atoms with Gasteiger partial charge in [0.05, 0.1) is 31.1 Å². The van der Waals surface area contributed by atoms with Crippen molar-refractivity contribution in [1.29, 1.82) is 0 Å². The maximum absolute atomic E-state index is 10.9. The lowest BCUT2D eigenvalue weighted by Gasteiger charge is -2.22. The average molecular weight is 492 g/mol. The van der Waals surface area contributed by atoms with Crippen LogP contribution < -0.4 is 25.7 Å². The molecule has 0 saturated heterocycles. The van der Waals surface area contributed by atoms with Crippen LogP contribution in [-0.2, 0) is 10.2 Å². The smallest absolute Gasteiger partial charge is 0.404 e. The lowest BCUT2D eigenvalue weighted by atomic mass is 9.90. The van der Waals surface area contributed by atoms with E-state index in [1.54, 1.807) is 26.6 Å². The summed E-state index contributed by atoms with van der Waals surface area (Å²) in [6.45, 7) is 6.26. The summed E-state index contributed by atoms with van der Waals surface area (Å²) in [7, 11) is 3.17. The molecule has 0 bridgehead atoms. The molecule has 0 saturated carbocycles. The van der Waals surface area contributed by atoms with Crippen molar-refractivity contribution in [2.24, 2.45) is 5.73 Å². The molecule has 0 unspecified atom stereocenters. The molecule has 10 heteroatoms. The number of methoxy groups -OCH3 is 2. The third-order valence-corrected chi connectivity index (χ3v) is 5.66. The zero-order chi connectivity index (χ0) is 26.0. The number of pyridine rings is 3. The number of nitrogen functional groups attached to an aromatic ring is 1. The van der Waals surface area contributed by atoms with Crippen LogP contribution in [0.25, 0.3) is 32.9 Å². The fraction of sp³-hybridized carbons (Fsp3) is 0.308. The number of hydrogen-bond acceptors (Lipinski definition) is 9. The lowest BCUT2D eigenvalue weighted by molar-refractivity contribution is 0.133. The number of carbonyl (C=O) groups excluding carboxylic acids is 1. The minimum absolute atomic E-state index is 0.0224. The number of amides is 1. The molecular formula is C26H29N5O5. The fourth-order valence-corrected chi connectivity index (χ4v) is 3.96. The van der Waals surface area contributed by atoms with Crippen molar-refractivity contribution in [3.05, 3.63) is 42.4 Å². The molecule has 1 amide bonds. The van der Waals surface area contributed by atoms with Crippen molar-refractivity contribution in [3.8, 4) is 28.5 Å². The van der Waals surface area contributed by atoms with E-state index in [9.17, 15) is 4.79 Å². The number of nitrogens with zero attached hydrogens (tertiary/aromatic N) is 3. The molecule has 10 nitrogen and oxygen atoms in total. The van der Waals surface area contributed by atoms with Gasteiger partial charge in [0.1, 0.15) is 24.8 Å². The number of primary amides is 1. The van der Waals surface area contributed by atoms with Crippen LogP contribution in [0.3, 0.4) is 0 Å². The molecule has 188 valence electrons. The van der Waals surface area contributed by atoms with Crippen LogP contribution in [0.4, 0.5) is 10.6 Å². The fourth-order valence-electron chi connectivity index (χ4n) is 3.96. The zero-order valence-electron chi connectivity index (χ0n) is 20.9. The summed E-state index contributed by atoms with van der Waals surface area (Å²) < 4.78 is 21.6. The van der Waals surface area contributed by atoms with Gasteiger partial charge in [0.2, 0.25) is 0 Å². The van der Waals surface area contributed by atoms with Crippen molar-refractivity contribution in [1.82, 2.24) is 15.0 Å². The Kier molecular flexibility index (Phi) is 6.69. The number of nitrogens with two attached hydrogens (primary N) is 2. The first-order valence-electron chi connectivity index (χ1n) is 11.3. The second-order valence-electron chi connectivity index (χ2n) is 9.17. The molecule has 4 rings (SSSR count). The molecule has 4 N–H and O–H groups in total. The molecule has 1 aromatic carbocycles. The van der Waals surface area contributed by atoms with Crippen molar-refractivity contribution >= 4 is 33.6 Å². The van der Waals surface area contributed by atoms with E-state index in [4.69, 9.17) is 30.4 Å². The Morgan fingerprint density at radius 2 is 1.61 bits per heavy atom. The summed E-state index contributed by atoms with van der Waals surface area (Å²) in [6, 6.07) is 7.50. The van der Waals surface area contributed by atoms with E-state index in [2.05, 4.69) is 15.0 Å². The number of carbonyl (C=O) groups is 1. The summed E-state index contributed by atoms with van der Waals surface area (Å²) in [6.07, 6.45) is 2.59. The first-order valence-corrected chi connectivity index (χ1v) is 11.3. The molecule has 0 aliphatic carbocycles. The zero-order valence-corrected chi connectivity index (χ0v) is 20.9. The van der Waals surface area contributed by atoms with E-state index in [1.807, 2.05) is 45.0 Å². The average Bonchev–Trinajstić information content (AvgIpc) is 2.84. The van der Waals surface area contributed by atoms with E-state index in [-0.39, 0.29) is 18.6 Å². The topological polar surface area (TPSA) is 145 Å². The van der Waals surface area contributed by atoms with Gasteiger partial charge in [0.25, 0.3) is 0 Å². The standard InChI is InChI=1S/C26H29N5O5/c1-26(2,3)23-22(35-6-7-36-25(28)32)8-14(12-30-23)18-9-15-16-10-20(33-4)21(34-5)11-19(16)29-13-17(15)24(27)31-18/h8-13H,6-7H2,1-5H3,(H2,27,31)(H2,28,32).